The lowest BCUT2D eigenvalue weighted by atomic mass is 10.2. The zero-order chi connectivity index (χ0) is 15.4. The summed E-state index contributed by atoms with van der Waals surface area (Å²) in [6.07, 6.45) is 0. The molecule has 1 aromatic heterocycles. The first-order chi connectivity index (χ1) is 9.95. The second-order valence-corrected chi connectivity index (χ2v) is 6.60. The highest BCUT2D eigenvalue weighted by molar-refractivity contribution is 7.12. The van der Waals surface area contributed by atoms with Crippen molar-refractivity contribution in [1.82, 2.24) is 15.1 Å². The standard InChI is InChI=1S/C14H21N3O3S/c1-10-3-4-12(21-10)11(2)15-14(20)17-7-5-16(6-8-17)9-13(18)19/h3-4,11H,5-9H2,1-2H3,(H,15,20)(H,18,19). The molecular weight excluding hydrogens is 290 g/mol. The van der Waals surface area contributed by atoms with Crippen LogP contribution in [0.4, 0.5) is 4.79 Å². The topological polar surface area (TPSA) is 72.9 Å². The molecule has 7 heteroatoms. The molecular formula is C14H21N3O3S. The van der Waals surface area contributed by atoms with Crippen LogP contribution in [0, 0.1) is 6.92 Å². The van der Waals surface area contributed by atoms with Gasteiger partial charge in [0.05, 0.1) is 12.6 Å². The van der Waals surface area contributed by atoms with Gasteiger partial charge in [-0.3, -0.25) is 9.69 Å². The minimum atomic E-state index is -0.824. The summed E-state index contributed by atoms with van der Waals surface area (Å²) in [4.78, 5) is 28.8. The van der Waals surface area contributed by atoms with E-state index in [0.29, 0.717) is 26.2 Å². The number of urea groups is 1. The summed E-state index contributed by atoms with van der Waals surface area (Å²) in [5, 5.41) is 11.8. The quantitative estimate of drug-likeness (QED) is 0.884. The monoisotopic (exact) mass is 311 g/mol. The number of hydrogen-bond donors (Lipinski definition) is 2. The number of carboxylic acid groups (broad SMARTS) is 1. The van der Waals surface area contributed by atoms with Crippen LogP contribution in [0.1, 0.15) is 22.7 Å². The molecule has 21 heavy (non-hydrogen) atoms. The number of carbonyl (C=O) groups is 2. The van der Waals surface area contributed by atoms with Gasteiger partial charge >= 0.3 is 12.0 Å². The third kappa shape index (κ3) is 4.44. The molecule has 1 aromatic rings. The third-order valence-electron chi connectivity index (χ3n) is 3.55. The van der Waals surface area contributed by atoms with Gasteiger partial charge in [-0.05, 0) is 26.0 Å². The van der Waals surface area contributed by atoms with Gasteiger partial charge in [-0.15, -0.1) is 11.3 Å². The minimum Gasteiger partial charge on any atom is -0.480 e. The lowest BCUT2D eigenvalue weighted by Gasteiger charge is -2.34. The Balaban J connectivity index is 1.80. The van der Waals surface area contributed by atoms with Crippen molar-refractivity contribution in [3.63, 3.8) is 0 Å². The number of thiophene rings is 1. The van der Waals surface area contributed by atoms with Crippen molar-refractivity contribution >= 4 is 23.3 Å². The predicted molar refractivity (Wildman–Crippen MR) is 81.7 cm³/mol. The Morgan fingerprint density at radius 1 is 1.33 bits per heavy atom. The average molecular weight is 311 g/mol. The number of rotatable bonds is 4. The summed E-state index contributed by atoms with van der Waals surface area (Å²) in [7, 11) is 0. The molecule has 2 rings (SSSR count). The fourth-order valence-corrected chi connectivity index (χ4v) is 3.21. The highest BCUT2D eigenvalue weighted by Crippen LogP contribution is 2.22. The molecule has 0 radical (unpaired) electrons. The number of piperazine rings is 1. The van der Waals surface area contributed by atoms with E-state index < -0.39 is 5.97 Å². The fourth-order valence-electron chi connectivity index (χ4n) is 2.33. The Morgan fingerprint density at radius 2 is 2.00 bits per heavy atom. The molecule has 0 bridgehead atoms. The molecule has 1 unspecified atom stereocenters. The molecule has 0 aliphatic carbocycles. The van der Waals surface area contributed by atoms with Gasteiger partial charge in [0.1, 0.15) is 0 Å². The van der Waals surface area contributed by atoms with E-state index in [2.05, 4.69) is 5.32 Å². The summed E-state index contributed by atoms with van der Waals surface area (Å²) in [6, 6.07) is 4.00. The van der Waals surface area contributed by atoms with Gasteiger partial charge in [0.15, 0.2) is 0 Å². The van der Waals surface area contributed by atoms with E-state index >= 15 is 0 Å². The zero-order valence-corrected chi connectivity index (χ0v) is 13.2. The number of aryl methyl sites for hydroxylation is 1. The Morgan fingerprint density at radius 3 is 2.52 bits per heavy atom. The van der Waals surface area contributed by atoms with Crippen LogP contribution >= 0.6 is 11.3 Å². The van der Waals surface area contributed by atoms with E-state index in [1.54, 1.807) is 16.2 Å². The summed E-state index contributed by atoms with van der Waals surface area (Å²) >= 11 is 1.68. The zero-order valence-electron chi connectivity index (χ0n) is 12.3. The number of carbonyl (C=O) groups excluding carboxylic acids is 1. The lowest BCUT2D eigenvalue weighted by molar-refractivity contribution is -0.138. The first kappa shape index (κ1) is 15.8. The van der Waals surface area contributed by atoms with Crippen LogP contribution in [0.2, 0.25) is 0 Å². The third-order valence-corrected chi connectivity index (χ3v) is 4.73. The highest BCUT2D eigenvalue weighted by Gasteiger charge is 2.23. The normalized spacial score (nSPS) is 17.5. The van der Waals surface area contributed by atoms with E-state index in [1.165, 1.54) is 4.88 Å². The molecule has 2 heterocycles. The van der Waals surface area contributed by atoms with E-state index in [-0.39, 0.29) is 18.6 Å². The highest BCUT2D eigenvalue weighted by atomic mass is 32.1. The van der Waals surface area contributed by atoms with Crippen molar-refractivity contribution in [1.29, 1.82) is 0 Å². The van der Waals surface area contributed by atoms with Crippen LogP contribution in [0.15, 0.2) is 12.1 Å². The van der Waals surface area contributed by atoms with Gasteiger partial charge in [0.25, 0.3) is 0 Å². The fraction of sp³-hybridized carbons (Fsp3) is 0.571. The summed E-state index contributed by atoms with van der Waals surface area (Å²) in [5.41, 5.74) is 0. The number of carboxylic acids is 1. The van der Waals surface area contributed by atoms with Crippen molar-refractivity contribution in [2.45, 2.75) is 19.9 Å². The van der Waals surface area contributed by atoms with Gasteiger partial charge in [0.2, 0.25) is 0 Å². The molecule has 2 N–H and O–H groups in total. The van der Waals surface area contributed by atoms with Crippen molar-refractivity contribution in [3.8, 4) is 0 Å². The Kier molecular flexibility index (Phi) is 5.19. The van der Waals surface area contributed by atoms with Crippen LogP contribution in [-0.4, -0.2) is 59.6 Å². The number of nitrogens with one attached hydrogen (secondary N) is 1. The van der Waals surface area contributed by atoms with Crippen molar-refractivity contribution in [2.24, 2.45) is 0 Å². The van der Waals surface area contributed by atoms with Gasteiger partial charge in [0, 0.05) is 35.9 Å². The Bertz CT molecular complexity index is 509. The molecule has 0 saturated carbocycles. The Labute approximate surface area is 128 Å². The van der Waals surface area contributed by atoms with Gasteiger partial charge < -0.3 is 15.3 Å². The van der Waals surface area contributed by atoms with E-state index in [1.807, 2.05) is 30.9 Å². The molecule has 0 spiro atoms. The van der Waals surface area contributed by atoms with Crippen LogP contribution in [0.5, 0.6) is 0 Å². The largest absolute Gasteiger partial charge is 0.480 e. The molecule has 1 aliphatic rings. The molecule has 1 atom stereocenters. The number of hydrogen-bond acceptors (Lipinski definition) is 4. The van der Waals surface area contributed by atoms with E-state index in [4.69, 9.17) is 5.11 Å². The van der Waals surface area contributed by atoms with Crippen LogP contribution in [0.25, 0.3) is 0 Å². The predicted octanol–water partition coefficient (Wildman–Crippen LogP) is 1.53. The molecule has 6 nitrogen and oxygen atoms in total. The van der Waals surface area contributed by atoms with E-state index in [9.17, 15) is 9.59 Å². The van der Waals surface area contributed by atoms with Gasteiger partial charge in [-0.25, -0.2) is 4.79 Å². The number of aliphatic carboxylic acids is 1. The lowest BCUT2D eigenvalue weighted by Crippen LogP contribution is -2.52. The van der Waals surface area contributed by atoms with Crippen LogP contribution in [0.3, 0.4) is 0 Å². The van der Waals surface area contributed by atoms with Gasteiger partial charge in [-0.1, -0.05) is 0 Å². The summed E-state index contributed by atoms with van der Waals surface area (Å²) in [6.45, 7) is 6.40. The first-order valence-electron chi connectivity index (χ1n) is 7.01. The maximum Gasteiger partial charge on any atom is 0.317 e. The second-order valence-electron chi connectivity index (χ2n) is 5.28. The smallest absolute Gasteiger partial charge is 0.317 e. The van der Waals surface area contributed by atoms with Crippen LogP contribution < -0.4 is 5.32 Å². The first-order valence-corrected chi connectivity index (χ1v) is 7.83. The van der Waals surface area contributed by atoms with Crippen LogP contribution in [-0.2, 0) is 4.79 Å². The van der Waals surface area contributed by atoms with Crippen molar-refractivity contribution in [2.75, 3.05) is 32.7 Å². The summed E-state index contributed by atoms with van der Waals surface area (Å²) < 4.78 is 0. The SMILES string of the molecule is Cc1ccc(C(C)NC(=O)N2CCN(CC(=O)O)CC2)s1. The van der Waals surface area contributed by atoms with Gasteiger partial charge in [-0.2, -0.15) is 0 Å². The Hall–Kier alpha value is -1.60. The molecule has 1 saturated heterocycles. The molecule has 2 amide bonds. The van der Waals surface area contributed by atoms with Crippen molar-refractivity contribution < 1.29 is 14.7 Å². The molecule has 0 aromatic carbocycles. The number of nitrogens with zero attached hydrogens (tertiary/aromatic N) is 2. The minimum absolute atomic E-state index is 0.00625. The molecule has 1 aliphatic heterocycles. The number of amides is 2. The summed E-state index contributed by atoms with van der Waals surface area (Å²) in [5.74, 6) is -0.824. The molecule has 1 fully saturated rings. The maximum atomic E-state index is 12.2. The molecule has 116 valence electrons. The van der Waals surface area contributed by atoms with Crippen molar-refractivity contribution in [3.05, 3.63) is 21.9 Å². The maximum absolute atomic E-state index is 12.2. The van der Waals surface area contributed by atoms with E-state index in [0.717, 1.165) is 4.88 Å². The average Bonchev–Trinajstić information content (AvgIpc) is 2.85. The second kappa shape index (κ2) is 6.91.